The van der Waals surface area contributed by atoms with E-state index in [0.29, 0.717) is 12.2 Å². The molecule has 0 aliphatic rings. The fourth-order valence-electron chi connectivity index (χ4n) is 2.98. The number of benzene rings is 1. The number of aliphatic hydroxyl groups excluding tert-OH is 1. The third kappa shape index (κ3) is 5.82. The molecule has 1 aromatic carbocycles. The lowest BCUT2D eigenvalue weighted by Crippen LogP contribution is -2.19. The number of rotatable bonds is 10. The van der Waals surface area contributed by atoms with Gasteiger partial charge in [0.15, 0.2) is 0 Å². The summed E-state index contributed by atoms with van der Waals surface area (Å²) in [6.45, 7) is 8.31. The molecule has 1 aromatic rings. The quantitative estimate of drug-likeness (QED) is 0.502. The molecule has 4 nitrogen and oxygen atoms in total. The number of aryl methyl sites for hydroxylation is 1. The summed E-state index contributed by atoms with van der Waals surface area (Å²) in [4.78, 5) is 11.8. The molecule has 2 N–H and O–H groups in total. The van der Waals surface area contributed by atoms with Crippen LogP contribution >= 0.6 is 0 Å². The highest BCUT2D eigenvalue weighted by Gasteiger charge is 2.25. The molecular formula is C20H32O4. The molecule has 0 atom stereocenters. The molecule has 24 heavy (non-hydrogen) atoms. The van der Waals surface area contributed by atoms with E-state index in [1.165, 1.54) is 12.8 Å². The zero-order valence-corrected chi connectivity index (χ0v) is 15.5. The number of hydrogen-bond donors (Lipinski definition) is 2. The Balaban J connectivity index is 3.06. The van der Waals surface area contributed by atoms with Crippen molar-refractivity contribution in [2.75, 3.05) is 13.2 Å². The fourth-order valence-corrected chi connectivity index (χ4v) is 2.98. The van der Waals surface area contributed by atoms with Crippen molar-refractivity contribution < 1.29 is 19.7 Å². The monoisotopic (exact) mass is 336 g/mol. The highest BCUT2D eigenvalue weighted by Crippen LogP contribution is 2.38. The Morgan fingerprint density at radius 2 is 1.92 bits per heavy atom. The summed E-state index contributed by atoms with van der Waals surface area (Å²) in [6.07, 6.45) is 5.33. The number of phenolic OH excluding ortho intramolecular Hbond substituents is 1. The molecule has 0 unspecified atom stereocenters. The zero-order valence-electron chi connectivity index (χ0n) is 15.5. The molecule has 0 bridgehead atoms. The summed E-state index contributed by atoms with van der Waals surface area (Å²) in [6, 6.07) is 3.81. The van der Waals surface area contributed by atoms with Gasteiger partial charge in [-0.3, -0.25) is 4.79 Å². The highest BCUT2D eigenvalue weighted by atomic mass is 16.5. The number of hydrogen-bond acceptors (Lipinski definition) is 4. The predicted octanol–water partition coefficient (Wildman–Crippen LogP) is 3.89. The van der Waals surface area contributed by atoms with E-state index in [9.17, 15) is 9.90 Å². The van der Waals surface area contributed by atoms with Gasteiger partial charge < -0.3 is 14.9 Å². The Morgan fingerprint density at radius 3 is 2.50 bits per heavy atom. The molecule has 4 heteroatoms. The summed E-state index contributed by atoms with van der Waals surface area (Å²) < 4.78 is 4.95. The number of aliphatic hydroxyl groups is 1. The van der Waals surface area contributed by atoms with Crippen LogP contribution in [-0.2, 0) is 27.8 Å². The third-order valence-electron chi connectivity index (χ3n) is 4.47. The number of esters is 1. The van der Waals surface area contributed by atoms with Crippen LogP contribution in [0, 0.1) is 0 Å². The maximum atomic E-state index is 11.8. The van der Waals surface area contributed by atoms with Crippen LogP contribution in [-0.4, -0.2) is 29.4 Å². The van der Waals surface area contributed by atoms with Crippen molar-refractivity contribution in [1.82, 2.24) is 0 Å². The first-order valence-corrected chi connectivity index (χ1v) is 8.97. The second-order valence-corrected chi connectivity index (χ2v) is 6.97. The van der Waals surface area contributed by atoms with Crippen LogP contribution in [0.2, 0.25) is 0 Å². The Bertz CT molecular complexity index is 535. The van der Waals surface area contributed by atoms with Gasteiger partial charge in [-0.1, -0.05) is 59.1 Å². The maximum Gasteiger partial charge on any atom is 0.310 e. The minimum absolute atomic E-state index is 0.0208. The fraction of sp³-hybridized carbons (Fsp3) is 0.650. The summed E-state index contributed by atoms with van der Waals surface area (Å²) in [5, 5.41) is 19.4. The first kappa shape index (κ1) is 20.5. The Labute approximate surface area is 145 Å². The van der Waals surface area contributed by atoms with Crippen LogP contribution in [0.25, 0.3) is 0 Å². The highest BCUT2D eigenvalue weighted by molar-refractivity contribution is 5.73. The Kier molecular flexibility index (Phi) is 8.26. The smallest absolute Gasteiger partial charge is 0.310 e. The molecule has 0 radical (unpaired) electrons. The molecule has 0 spiro atoms. The zero-order chi connectivity index (χ0) is 18.2. The summed E-state index contributed by atoms with van der Waals surface area (Å²) in [5.41, 5.74) is 2.48. The largest absolute Gasteiger partial charge is 0.507 e. The second-order valence-electron chi connectivity index (χ2n) is 6.97. The van der Waals surface area contributed by atoms with Crippen LogP contribution < -0.4 is 0 Å². The van der Waals surface area contributed by atoms with Gasteiger partial charge in [0.2, 0.25) is 0 Å². The van der Waals surface area contributed by atoms with Crippen molar-refractivity contribution in [2.45, 2.75) is 71.6 Å². The Hall–Kier alpha value is -1.55. The summed E-state index contributed by atoms with van der Waals surface area (Å²) >= 11 is 0. The van der Waals surface area contributed by atoms with Crippen molar-refractivity contribution in [1.29, 1.82) is 0 Å². The first-order chi connectivity index (χ1) is 11.4. The van der Waals surface area contributed by atoms with Gasteiger partial charge in [-0.2, -0.15) is 0 Å². The van der Waals surface area contributed by atoms with Crippen LogP contribution in [0.3, 0.4) is 0 Å². The number of phenols is 1. The van der Waals surface area contributed by atoms with Gasteiger partial charge in [0.1, 0.15) is 12.4 Å². The molecular weight excluding hydrogens is 304 g/mol. The number of unbranched alkanes of at least 4 members (excludes halogenated alkanes) is 2. The predicted molar refractivity (Wildman–Crippen MR) is 96.4 cm³/mol. The standard InChI is InChI=1S/C20H32O4/c1-5-7-8-9-20(3,4)17-13-15(12-16(6-2)19(17)23)14-18(22)24-11-10-21/h12-13,21,23H,5-11,14H2,1-4H3. The van der Waals surface area contributed by atoms with Gasteiger partial charge >= 0.3 is 5.97 Å². The van der Waals surface area contributed by atoms with E-state index in [0.717, 1.165) is 29.5 Å². The van der Waals surface area contributed by atoms with Gasteiger partial charge in [0, 0.05) is 5.56 Å². The molecule has 0 aliphatic heterocycles. The van der Waals surface area contributed by atoms with Gasteiger partial charge in [-0.05, 0) is 29.4 Å². The van der Waals surface area contributed by atoms with Crippen molar-refractivity contribution in [3.8, 4) is 5.75 Å². The van der Waals surface area contributed by atoms with E-state index in [2.05, 4.69) is 20.8 Å². The lowest BCUT2D eigenvalue weighted by molar-refractivity contribution is -0.143. The van der Waals surface area contributed by atoms with Gasteiger partial charge in [0.05, 0.1) is 13.0 Å². The van der Waals surface area contributed by atoms with Crippen molar-refractivity contribution in [2.24, 2.45) is 0 Å². The topological polar surface area (TPSA) is 66.8 Å². The van der Waals surface area contributed by atoms with Crippen molar-refractivity contribution in [3.05, 3.63) is 28.8 Å². The SMILES string of the molecule is CCCCCC(C)(C)c1cc(CC(=O)OCCO)cc(CC)c1O. The summed E-state index contributed by atoms with van der Waals surface area (Å²) in [7, 11) is 0. The van der Waals surface area contributed by atoms with Gasteiger partial charge in [-0.25, -0.2) is 0 Å². The summed E-state index contributed by atoms with van der Waals surface area (Å²) in [5.74, 6) is -0.00185. The molecule has 0 amide bonds. The number of aromatic hydroxyl groups is 1. The average molecular weight is 336 g/mol. The average Bonchev–Trinajstić information content (AvgIpc) is 2.54. The lowest BCUT2D eigenvalue weighted by Gasteiger charge is -2.28. The van der Waals surface area contributed by atoms with E-state index in [1.54, 1.807) is 0 Å². The first-order valence-electron chi connectivity index (χ1n) is 8.97. The number of carbonyl (C=O) groups excluding carboxylic acids is 1. The van der Waals surface area contributed by atoms with E-state index >= 15 is 0 Å². The van der Waals surface area contributed by atoms with Crippen LogP contribution in [0.1, 0.15) is 70.1 Å². The minimum Gasteiger partial charge on any atom is -0.507 e. The lowest BCUT2D eigenvalue weighted by atomic mass is 9.77. The van der Waals surface area contributed by atoms with Crippen LogP contribution in [0.15, 0.2) is 12.1 Å². The number of carbonyl (C=O) groups is 1. The van der Waals surface area contributed by atoms with E-state index in [1.807, 2.05) is 19.1 Å². The number of ether oxygens (including phenoxy) is 1. The molecule has 0 saturated carbocycles. The third-order valence-corrected chi connectivity index (χ3v) is 4.47. The molecule has 0 saturated heterocycles. The molecule has 136 valence electrons. The molecule has 1 rings (SSSR count). The maximum absolute atomic E-state index is 11.8. The second kappa shape index (κ2) is 9.67. The van der Waals surface area contributed by atoms with Gasteiger partial charge in [0.25, 0.3) is 0 Å². The van der Waals surface area contributed by atoms with E-state index in [-0.39, 0.29) is 31.0 Å². The van der Waals surface area contributed by atoms with Crippen LogP contribution in [0.4, 0.5) is 0 Å². The van der Waals surface area contributed by atoms with E-state index < -0.39 is 0 Å². The van der Waals surface area contributed by atoms with Crippen molar-refractivity contribution in [3.63, 3.8) is 0 Å². The van der Waals surface area contributed by atoms with Gasteiger partial charge in [-0.15, -0.1) is 0 Å². The molecule has 0 aromatic heterocycles. The molecule has 0 fully saturated rings. The Morgan fingerprint density at radius 1 is 1.21 bits per heavy atom. The van der Waals surface area contributed by atoms with Crippen molar-refractivity contribution >= 4 is 5.97 Å². The van der Waals surface area contributed by atoms with E-state index in [4.69, 9.17) is 9.84 Å². The minimum atomic E-state index is -0.355. The van der Waals surface area contributed by atoms with Crippen LogP contribution in [0.5, 0.6) is 5.75 Å². The molecule has 0 aliphatic carbocycles. The molecule has 0 heterocycles. The normalized spacial score (nSPS) is 11.5.